The number of halogens is 1. The fraction of sp³-hybridized carbons (Fsp3) is 0.250. The topological polar surface area (TPSA) is 19.7 Å². The van der Waals surface area contributed by atoms with E-state index in [1.54, 1.807) is 4.90 Å². The highest BCUT2D eigenvalue weighted by molar-refractivity contribution is 6.30. The van der Waals surface area contributed by atoms with Crippen molar-refractivity contribution in [1.29, 1.82) is 0 Å². The van der Waals surface area contributed by atoms with Crippen molar-refractivity contribution in [2.45, 2.75) is 13.1 Å². The molecule has 1 heterocycles. The van der Waals surface area contributed by atoms with Crippen LogP contribution in [0.3, 0.4) is 0 Å². The molecule has 2 N–H and O–H groups in total. The average molecular weight is 393 g/mol. The second kappa shape index (κ2) is 9.13. The summed E-state index contributed by atoms with van der Waals surface area (Å²) in [5.41, 5.74) is 5.12. The average Bonchev–Trinajstić information content (AvgIpc) is 2.75. The van der Waals surface area contributed by atoms with E-state index in [0.717, 1.165) is 36.9 Å². The summed E-state index contributed by atoms with van der Waals surface area (Å²) >= 11 is 5.94. The van der Waals surface area contributed by atoms with Crippen molar-refractivity contribution in [3.05, 3.63) is 95.0 Å². The largest absolute Gasteiger partial charge is 0.381 e. The summed E-state index contributed by atoms with van der Waals surface area (Å²) in [5, 5.41) is 4.26. The number of hydrogen-bond donors (Lipinski definition) is 2. The van der Waals surface area contributed by atoms with Gasteiger partial charge in [-0.1, -0.05) is 54.1 Å². The maximum atomic E-state index is 5.94. The summed E-state index contributed by atoms with van der Waals surface area (Å²) in [5.74, 6) is 0. The van der Waals surface area contributed by atoms with Gasteiger partial charge in [-0.2, -0.15) is 0 Å². The predicted octanol–water partition coefficient (Wildman–Crippen LogP) is 3.86. The number of quaternary nitrogens is 1. The van der Waals surface area contributed by atoms with E-state index in [1.807, 2.05) is 12.1 Å². The third kappa shape index (κ3) is 5.06. The van der Waals surface area contributed by atoms with Crippen molar-refractivity contribution >= 4 is 23.0 Å². The second-order valence-corrected chi connectivity index (χ2v) is 7.86. The van der Waals surface area contributed by atoms with E-state index >= 15 is 0 Å². The molecule has 0 atom stereocenters. The molecule has 0 spiro atoms. The van der Waals surface area contributed by atoms with E-state index in [4.69, 9.17) is 11.6 Å². The normalized spacial score (nSPS) is 14.8. The minimum Gasteiger partial charge on any atom is -0.381 e. The van der Waals surface area contributed by atoms with Crippen LogP contribution in [0, 0.1) is 0 Å². The molecule has 28 heavy (non-hydrogen) atoms. The lowest BCUT2D eigenvalue weighted by atomic mass is 10.2. The minimum atomic E-state index is 0.777. The monoisotopic (exact) mass is 392 g/mol. The Labute approximate surface area is 172 Å². The molecule has 0 radical (unpaired) electrons. The zero-order valence-corrected chi connectivity index (χ0v) is 16.8. The Morgan fingerprint density at radius 2 is 1.46 bits per heavy atom. The van der Waals surface area contributed by atoms with Gasteiger partial charge in [-0.15, -0.1) is 0 Å². The number of nitrogens with zero attached hydrogens (tertiary/aromatic N) is 1. The molecular weight excluding hydrogens is 366 g/mol. The molecule has 1 aliphatic heterocycles. The van der Waals surface area contributed by atoms with Crippen LogP contribution < -0.4 is 15.1 Å². The van der Waals surface area contributed by atoms with Crippen molar-refractivity contribution in [3.8, 4) is 0 Å². The lowest BCUT2D eigenvalue weighted by Gasteiger charge is -2.33. The standard InChI is InChI=1S/C24H26ClN3/c25-22-8-6-20(7-9-22)18-26-23-10-12-24(13-11-23)28-16-14-27(15-17-28)19-21-4-2-1-3-5-21/h1-13,26H,14-19H2/p+1. The Morgan fingerprint density at radius 1 is 0.786 bits per heavy atom. The molecule has 1 aliphatic rings. The van der Waals surface area contributed by atoms with Crippen LogP contribution in [0.25, 0.3) is 0 Å². The summed E-state index contributed by atoms with van der Waals surface area (Å²) < 4.78 is 0. The molecule has 0 amide bonds. The van der Waals surface area contributed by atoms with Crippen LogP contribution in [0.15, 0.2) is 78.9 Å². The van der Waals surface area contributed by atoms with Crippen LogP contribution in [0.2, 0.25) is 5.02 Å². The van der Waals surface area contributed by atoms with Gasteiger partial charge >= 0.3 is 0 Å². The van der Waals surface area contributed by atoms with Gasteiger partial charge in [-0.05, 0) is 42.0 Å². The number of nitrogens with one attached hydrogen (secondary N) is 2. The first-order valence-electron chi connectivity index (χ1n) is 9.97. The van der Waals surface area contributed by atoms with Gasteiger partial charge in [0.1, 0.15) is 6.54 Å². The number of anilines is 2. The number of benzene rings is 3. The van der Waals surface area contributed by atoms with Crippen molar-refractivity contribution in [2.75, 3.05) is 36.4 Å². The van der Waals surface area contributed by atoms with Gasteiger partial charge in [0.15, 0.2) is 0 Å². The molecule has 3 nitrogen and oxygen atoms in total. The van der Waals surface area contributed by atoms with Gasteiger partial charge in [-0.25, -0.2) is 0 Å². The lowest BCUT2D eigenvalue weighted by Crippen LogP contribution is -3.13. The van der Waals surface area contributed by atoms with Gasteiger partial charge < -0.3 is 15.1 Å². The van der Waals surface area contributed by atoms with Crippen LogP contribution in [0.5, 0.6) is 0 Å². The van der Waals surface area contributed by atoms with Gasteiger partial charge in [-0.3, -0.25) is 0 Å². The molecule has 0 saturated carbocycles. The van der Waals surface area contributed by atoms with Gasteiger partial charge in [0, 0.05) is 28.5 Å². The van der Waals surface area contributed by atoms with E-state index in [-0.39, 0.29) is 0 Å². The third-order valence-electron chi connectivity index (χ3n) is 5.41. The molecular formula is C24H27ClN3+. The summed E-state index contributed by atoms with van der Waals surface area (Å²) in [4.78, 5) is 4.17. The Kier molecular flexibility index (Phi) is 6.15. The van der Waals surface area contributed by atoms with Crippen LogP contribution in [0.4, 0.5) is 11.4 Å². The summed E-state index contributed by atoms with van der Waals surface area (Å²) in [6, 6.07) is 27.6. The van der Waals surface area contributed by atoms with Crippen LogP contribution in [-0.2, 0) is 13.1 Å². The van der Waals surface area contributed by atoms with Crippen LogP contribution >= 0.6 is 11.6 Å². The third-order valence-corrected chi connectivity index (χ3v) is 5.66. The first-order chi connectivity index (χ1) is 13.8. The molecule has 0 bridgehead atoms. The minimum absolute atomic E-state index is 0.777. The Balaban J connectivity index is 1.27. The number of rotatable bonds is 6. The van der Waals surface area contributed by atoms with E-state index in [9.17, 15) is 0 Å². The van der Waals surface area contributed by atoms with Crippen molar-refractivity contribution in [3.63, 3.8) is 0 Å². The molecule has 4 heteroatoms. The van der Waals surface area contributed by atoms with Crippen molar-refractivity contribution < 1.29 is 4.90 Å². The van der Waals surface area contributed by atoms with Gasteiger partial charge in [0.2, 0.25) is 0 Å². The van der Waals surface area contributed by atoms with Crippen molar-refractivity contribution in [2.24, 2.45) is 0 Å². The highest BCUT2D eigenvalue weighted by Gasteiger charge is 2.20. The zero-order valence-electron chi connectivity index (χ0n) is 16.1. The number of hydrogen-bond acceptors (Lipinski definition) is 2. The molecule has 4 rings (SSSR count). The molecule has 0 aliphatic carbocycles. The zero-order chi connectivity index (χ0) is 19.2. The quantitative estimate of drug-likeness (QED) is 0.664. The SMILES string of the molecule is Clc1ccc(CNc2ccc(N3CC[NH+](Cc4ccccc4)CC3)cc2)cc1. The molecule has 0 unspecified atom stereocenters. The Morgan fingerprint density at radius 3 is 2.14 bits per heavy atom. The van der Waals surface area contributed by atoms with Crippen molar-refractivity contribution in [1.82, 2.24) is 0 Å². The van der Waals surface area contributed by atoms with Crippen LogP contribution in [-0.4, -0.2) is 26.2 Å². The molecule has 144 valence electrons. The van der Waals surface area contributed by atoms with Crippen LogP contribution in [0.1, 0.15) is 11.1 Å². The molecule has 1 saturated heterocycles. The van der Waals surface area contributed by atoms with E-state index < -0.39 is 0 Å². The molecule has 0 aromatic heterocycles. The fourth-order valence-electron chi connectivity index (χ4n) is 3.74. The summed E-state index contributed by atoms with van der Waals surface area (Å²) in [6.07, 6.45) is 0. The van der Waals surface area contributed by atoms with Gasteiger partial charge in [0.05, 0.1) is 26.2 Å². The molecule has 1 fully saturated rings. The maximum Gasteiger partial charge on any atom is 0.103 e. The summed E-state index contributed by atoms with van der Waals surface area (Å²) in [6.45, 7) is 6.52. The van der Waals surface area contributed by atoms with Gasteiger partial charge in [0.25, 0.3) is 0 Å². The lowest BCUT2D eigenvalue weighted by molar-refractivity contribution is -0.914. The Bertz CT molecular complexity index is 855. The smallest absolute Gasteiger partial charge is 0.103 e. The molecule has 3 aromatic carbocycles. The highest BCUT2D eigenvalue weighted by Crippen LogP contribution is 2.19. The van der Waals surface area contributed by atoms with E-state index in [2.05, 4.69) is 76.9 Å². The predicted molar refractivity (Wildman–Crippen MR) is 118 cm³/mol. The summed E-state index contributed by atoms with van der Waals surface area (Å²) in [7, 11) is 0. The van der Waals surface area contributed by atoms with E-state index in [0.29, 0.717) is 0 Å². The second-order valence-electron chi connectivity index (χ2n) is 7.43. The Hall–Kier alpha value is -2.49. The number of piperazine rings is 1. The first-order valence-corrected chi connectivity index (χ1v) is 10.3. The first kappa shape index (κ1) is 18.9. The van der Waals surface area contributed by atoms with E-state index in [1.165, 1.54) is 29.9 Å². The molecule has 3 aromatic rings. The highest BCUT2D eigenvalue weighted by atomic mass is 35.5. The fourth-order valence-corrected chi connectivity index (χ4v) is 3.86. The maximum absolute atomic E-state index is 5.94.